The molecule has 1 N–H and O–H groups in total. The molecule has 4 aromatic heterocycles. The van der Waals surface area contributed by atoms with Gasteiger partial charge in [0.1, 0.15) is 10.8 Å². The van der Waals surface area contributed by atoms with Crippen LogP contribution in [0.4, 0.5) is 10.9 Å². The van der Waals surface area contributed by atoms with E-state index in [1.54, 1.807) is 30.0 Å². The first-order valence-electron chi connectivity index (χ1n) is 13.1. The first-order chi connectivity index (χ1) is 19.4. The lowest BCUT2D eigenvalue weighted by atomic mass is 9.94. The molecular formula is C29H29N7O2S2. The molecule has 5 aromatic rings. The molecule has 204 valence electrons. The molecule has 9 nitrogen and oxygen atoms in total. The Bertz CT molecular complexity index is 1660. The van der Waals surface area contributed by atoms with E-state index >= 15 is 0 Å². The molecule has 0 saturated carbocycles. The molecule has 1 aromatic carbocycles. The van der Waals surface area contributed by atoms with Crippen LogP contribution in [-0.4, -0.2) is 48.5 Å². The van der Waals surface area contributed by atoms with Gasteiger partial charge in [-0.1, -0.05) is 30.0 Å². The van der Waals surface area contributed by atoms with Crippen LogP contribution in [0.5, 0.6) is 11.5 Å². The van der Waals surface area contributed by atoms with Crippen LogP contribution in [0.2, 0.25) is 0 Å². The summed E-state index contributed by atoms with van der Waals surface area (Å²) in [4.78, 5) is 28.7. The van der Waals surface area contributed by atoms with E-state index in [0.29, 0.717) is 17.5 Å². The number of carbonyl (C=O) groups excluding carboxylic acids is 1. The average Bonchev–Trinajstić information content (AvgIpc) is 3.57. The number of aromatic nitrogens is 5. The van der Waals surface area contributed by atoms with Crippen molar-refractivity contribution in [3.63, 3.8) is 0 Å². The van der Waals surface area contributed by atoms with Gasteiger partial charge < -0.3 is 15.0 Å². The van der Waals surface area contributed by atoms with Crippen LogP contribution in [0.25, 0.3) is 5.65 Å². The maximum atomic E-state index is 11.7. The first-order valence-corrected chi connectivity index (χ1v) is 14.8. The minimum absolute atomic E-state index is 0.140. The molecule has 11 heteroatoms. The SMILES string of the molecule is CC(=O)N1CCC(c2csc(Nc3ncc(Sc4cc(C)nc5cc(C)nn45)cc3Oc3ccccc3)n2)CC1. The van der Waals surface area contributed by atoms with Crippen molar-refractivity contribution in [1.82, 2.24) is 29.5 Å². The minimum Gasteiger partial charge on any atom is -0.453 e. The average molecular weight is 572 g/mol. The molecule has 1 fully saturated rings. The van der Waals surface area contributed by atoms with Gasteiger partial charge in [-0.15, -0.1) is 11.3 Å². The maximum Gasteiger partial charge on any atom is 0.219 e. The van der Waals surface area contributed by atoms with E-state index in [-0.39, 0.29) is 5.91 Å². The van der Waals surface area contributed by atoms with E-state index < -0.39 is 0 Å². The Morgan fingerprint density at radius 1 is 1.07 bits per heavy atom. The van der Waals surface area contributed by atoms with Crippen LogP contribution in [-0.2, 0) is 4.79 Å². The number of benzene rings is 1. The number of nitrogens with one attached hydrogen (secondary N) is 1. The summed E-state index contributed by atoms with van der Waals surface area (Å²) in [6, 6.07) is 15.6. The van der Waals surface area contributed by atoms with Crippen molar-refractivity contribution in [2.75, 3.05) is 18.4 Å². The van der Waals surface area contributed by atoms with Crippen molar-refractivity contribution in [3.05, 3.63) is 77.2 Å². The number of amides is 1. The summed E-state index contributed by atoms with van der Waals surface area (Å²) in [5.41, 5.74) is 3.71. The van der Waals surface area contributed by atoms with Gasteiger partial charge in [0, 0.05) is 60.2 Å². The third-order valence-electron chi connectivity index (χ3n) is 6.77. The number of hydrogen-bond donors (Lipinski definition) is 1. The lowest BCUT2D eigenvalue weighted by molar-refractivity contribution is -0.129. The number of ether oxygens (including phenoxy) is 1. The molecule has 1 amide bonds. The number of fused-ring (bicyclic) bond motifs is 1. The van der Waals surface area contributed by atoms with Crippen molar-refractivity contribution >= 4 is 45.6 Å². The number of carbonyl (C=O) groups is 1. The molecule has 0 spiro atoms. The Morgan fingerprint density at radius 2 is 1.88 bits per heavy atom. The van der Waals surface area contributed by atoms with Crippen molar-refractivity contribution in [2.24, 2.45) is 0 Å². The fraction of sp³-hybridized carbons (Fsp3) is 0.276. The normalized spacial score (nSPS) is 14.0. The highest BCUT2D eigenvalue weighted by atomic mass is 32.2. The number of para-hydroxylation sites is 1. The summed E-state index contributed by atoms with van der Waals surface area (Å²) in [7, 11) is 0. The standard InChI is InChI=1S/C29H29N7O2S2/c1-18-14-27(36-26(31-18)13-19(2)34-36)40-23-15-25(38-22-7-5-4-6-8-22)28(30-16-23)33-29-32-24(17-39-29)21-9-11-35(12-10-21)20(3)37/h4-8,13-17,21H,9-12H2,1-3H3,(H,30,32,33). The zero-order valence-electron chi connectivity index (χ0n) is 22.5. The van der Waals surface area contributed by atoms with Gasteiger partial charge in [-0.2, -0.15) is 5.10 Å². The molecule has 0 atom stereocenters. The third-order valence-corrected chi connectivity index (χ3v) is 8.51. The Hall–Kier alpha value is -3.96. The second-order valence-corrected chi connectivity index (χ2v) is 11.8. The van der Waals surface area contributed by atoms with E-state index in [4.69, 9.17) is 14.7 Å². The zero-order chi connectivity index (χ0) is 27.6. The lowest BCUT2D eigenvalue weighted by Gasteiger charge is -2.30. The molecule has 0 aliphatic carbocycles. The highest BCUT2D eigenvalue weighted by Crippen LogP contribution is 2.38. The number of rotatable bonds is 7. The Labute approximate surface area is 240 Å². The topological polar surface area (TPSA) is 97.5 Å². The number of pyridine rings is 1. The number of nitrogens with zero attached hydrogens (tertiary/aromatic N) is 6. The van der Waals surface area contributed by atoms with Crippen LogP contribution in [0.3, 0.4) is 0 Å². The van der Waals surface area contributed by atoms with Gasteiger partial charge in [0.2, 0.25) is 5.91 Å². The lowest BCUT2D eigenvalue weighted by Crippen LogP contribution is -2.36. The first kappa shape index (κ1) is 26.3. The minimum atomic E-state index is 0.140. The monoisotopic (exact) mass is 571 g/mol. The number of likely N-dealkylation sites (tertiary alicyclic amines) is 1. The van der Waals surface area contributed by atoms with Gasteiger partial charge in [-0.25, -0.2) is 19.5 Å². The number of anilines is 2. The molecular weight excluding hydrogens is 543 g/mol. The molecule has 6 rings (SSSR count). The van der Waals surface area contributed by atoms with Crippen LogP contribution >= 0.6 is 23.1 Å². The quantitative estimate of drug-likeness (QED) is 0.218. The van der Waals surface area contributed by atoms with Gasteiger partial charge in [0.05, 0.1) is 11.4 Å². The fourth-order valence-electron chi connectivity index (χ4n) is 4.77. The van der Waals surface area contributed by atoms with Gasteiger partial charge in [-0.05, 0) is 44.9 Å². The van der Waals surface area contributed by atoms with E-state index in [2.05, 4.69) is 20.8 Å². The van der Waals surface area contributed by atoms with E-state index in [0.717, 1.165) is 69.5 Å². The maximum absolute atomic E-state index is 11.7. The summed E-state index contributed by atoms with van der Waals surface area (Å²) in [5.74, 6) is 2.39. The smallest absolute Gasteiger partial charge is 0.219 e. The Morgan fingerprint density at radius 3 is 2.65 bits per heavy atom. The second-order valence-electron chi connectivity index (χ2n) is 9.81. The van der Waals surface area contributed by atoms with E-state index in [1.165, 1.54) is 0 Å². The summed E-state index contributed by atoms with van der Waals surface area (Å²) in [6.07, 6.45) is 3.68. The van der Waals surface area contributed by atoms with Gasteiger partial charge in [0.25, 0.3) is 0 Å². The largest absolute Gasteiger partial charge is 0.453 e. The number of hydrogen-bond acceptors (Lipinski definition) is 9. The summed E-state index contributed by atoms with van der Waals surface area (Å²) in [6.45, 7) is 7.13. The summed E-state index contributed by atoms with van der Waals surface area (Å²) >= 11 is 3.11. The Kier molecular flexibility index (Phi) is 7.40. The second kappa shape index (κ2) is 11.3. The molecule has 1 saturated heterocycles. The molecule has 0 unspecified atom stereocenters. The number of aryl methyl sites for hydroxylation is 2. The highest BCUT2D eigenvalue weighted by Gasteiger charge is 2.24. The van der Waals surface area contributed by atoms with Crippen molar-refractivity contribution < 1.29 is 9.53 Å². The number of piperidine rings is 1. The van der Waals surface area contributed by atoms with Gasteiger partial charge in [-0.3, -0.25) is 4.79 Å². The van der Waals surface area contributed by atoms with Crippen LogP contribution in [0, 0.1) is 13.8 Å². The Balaban J connectivity index is 1.26. The highest BCUT2D eigenvalue weighted by molar-refractivity contribution is 7.99. The predicted molar refractivity (Wildman–Crippen MR) is 157 cm³/mol. The summed E-state index contributed by atoms with van der Waals surface area (Å²) in [5, 5.41) is 11.8. The van der Waals surface area contributed by atoms with Crippen molar-refractivity contribution in [2.45, 2.75) is 49.5 Å². The van der Waals surface area contributed by atoms with Crippen LogP contribution < -0.4 is 10.1 Å². The van der Waals surface area contributed by atoms with Gasteiger partial charge >= 0.3 is 0 Å². The molecule has 1 aliphatic heterocycles. The van der Waals surface area contributed by atoms with Crippen LogP contribution in [0.1, 0.15) is 42.8 Å². The molecule has 5 heterocycles. The van der Waals surface area contributed by atoms with E-state index in [9.17, 15) is 4.79 Å². The van der Waals surface area contributed by atoms with Gasteiger partial charge in [0.15, 0.2) is 22.3 Å². The van der Waals surface area contributed by atoms with Crippen molar-refractivity contribution in [1.29, 1.82) is 0 Å². The molecule has 40 heavy (non-hydrogen) atoms. The molecule has 0 radical (unpaired) electrons. The van der Waals surface area contributed by atoms with Crippen molar-refractivity contribution in [3.8, 4) is 11.5 Å². The summed E-state index contributed by atoms with van der Waals surface area (Å²) < 4.78 is 8.16. The molecule has 1 aliphatic rings. The predicted octanol–water partition coefficient (Wildman–Crippen LogP) is 6.61. The zero-order valence-corrected chi connectivity index (χ0v) is 24.1. The number of thiazole rings is 1. The van der Waals surface area contributed by atoms with E-state index in [1.807, 2.05) is 78.0 Å². The third kappa shape index (κ3) is 5.80. The molecule has 0 bridgehead atoms. The van der Waals surface area contributed by atoms with Crippen LogP contribution in [0.15, 0.2) is 70.0 Å². The fourth-order valence-corrected chi connectivity index (χ4v) is 6.52.